The van der Waals surface area contributed by atoms with E-state index in [2.05, 4.69) is 16.3 Å². The first-order chi connectivity index (χ1) is 11.7. The number of H-pyrrole nitrogens is 1. The Hall–Kier alpha value is -2.60. The van der Waals surface area contributed by atoms with E-state index in [-0.39, 0.29) is 22.5 Å². The molecule has 3 aromatic heterocycles. The number of benzene rings is 1. The average molecular weight is 400 g/mol. The number of fused-ring (bicyclic) bond motifs is 2. The van der Waals surface area contributed by atoms with Gasteiger partial charge in [-0.05, 0) is 36.8 Å². The fourth-order valence-corrected chi connectivity index (χ4v) is 3.20. The SMILES string of the molecule is Br.CCc1c(-c2ccc(OC)c3[nH]c(=O)ccc23)nc2ccccn12. The second kappa shape index (κ2) is 6.72. The summed E-state index contributed by atoms with van der Waals surface area (Å²) in [5, 5.41) is 0.923. The van der Waals surface area contributed by atoms with Crippen LogP contribution < -0.4 is 10.3 Å². The van der Waals surface area contributed by atoms with Crippen LogP contribution in [0.2, 0.25) is 0 Å². The third-order valence-electron chi connectivity index (χ3n) is 4.30. The van der Waals surface area contributed by atoms with E-state index in [9.17, 15) is 4.79 Å². The minimum Gasteiger partial charge on any atom is -0.495 e. The lowest BCUT2D eigenvalue weighted by atomic mass is 10.0. The highest BCUT2D eigenvalue weighted by atomic mass is 79.9. The number of nitrogens with zero attached hydrogens (tertiary/aromatic N) is 2. The molecule has 3 heterocycles. The van der Waals surface area contributed by atoms with Crippen LogP contribution in [0.1, 0.15) is 12.6 Å². The van der Waals surface area contributed by atoms with Gasteiger partial charge in [-0.15, -0.1) is 17.0 Å². The summed E-state index contributed by atoms with van der Waals surface area (Å²) in [7, 11) is 1.60. The molecule has 0 spiro atoms. The Morgan fingerprint density at radius 2 is 2.00 bits per heavy atom. The van der Waals surface area contributed by atoms with E-state index in [4.69, 9.17) is 9.72 Å². The molecule has 6 heteroatoms. The van der Waals surface area contributed by atoms with Crippen LogP contribution in [0.5, 0.6) is 5.75 Å². The van der Waals surface area contributed by atoms with Crippen LogP contribution in [-0.4, -0.2) is 21.5 Å². The van der Waals surface area contributed by atoms with E-state index in [1.54, 1.807) is 7.11 Å². The van der Waals surface area contributed by atoms with E-state index < -0.39 is 0 Å². The molecule has 4 aromatic rings. The number of pyridine rings is 2. The zero-order valence-electron chi connectivity index (χ0n) is 13.9. The topological polar surface area (TPSA) is 59.4 Å². The van der Waals surface area contributed by atoms with Crippen molar-refractivity contribution in [1.82, 2.24) is 14.4 Å². The number of ether oxygens (including phenoxy) is 1. The van der Waals surface area contributed by atoms with Crippen molar-refractivity contribution < 1.29 is 4.74 Å². The fourth-order valence-electron chi connectivity index (χ4n) is 3.20. The van der Waals surface area contributed by atoms with E-state index in [1.807, 2.05) is 42.6 Å². The maximum Gasteiger partial charge on any atom is 0.248 e. The number of rotatable bonds is 3. The van der Waals surface area contributed by atoms with Crippen molar-refractivity contribution in [2.24, 2.45) is 0 Å². The van der Waals surface area contributed by atoms with Crippen molar-refractivity contribution in [3.8, 4) is 17.0 Å². The van der Waals surface area contributed by atoms with Crippen molar-refractivity contribution in [2.75, 3.05) is 7.11 Å². The van der Waals surface area contributed by atoms with Crippen LogP contribution in [0, 0.1) is 0 Å². The Labute approximate surface area is 155 Å². The van der Waals surface area contributed by atoms with Crippen molar-refractivity contribution >= 4 is 33.5 Å². The molecule has 0 aliphatic rings. The summed E-state index contributed by atoms with van der Waals surface area (Å²) in [6, 6.07) is 13.2. The van der Waals surface area contributed by atoms with Gasteiger partial charge in [-0.1, -0.05) is 13.0 Å². The first-order valence-electron chi connectivity index (χ1n) is 7.89. The molecule has 0 bridgehead atoms. The summed E-state index contributed by atoms with van der Waals surface area (Å²) >= 11 is 0. The summed E-state index contributed by atoms with van der Waals surface area (Å²) in [5.41, 5.74) is 4.53. The van der Waals surface area contributed by atoms with Gasteiger partial charge in [0.25, 0.3) is 0 Å². The van der Waals surface area contributed by atoms with Crippen molar-refractivity contribution in [3.05, 3.63) is 64.7 Å². The molecule has 1 aromatic carbocycles. The first-order valence-corrected chi connectivity index (χ1v) is 7.89. The molecular formula is C19H18BrN3O2. The van der Waals surface area contributed by atoms with Crippen molar-refractivity contribution in [3.63, 3.8) is 0 Å². The van der Waals surface area contributed by atoms with E-state index in [0.717, 1.165) is 34.4 Å². The lowest BCUT2D eigenvalue weighted by Gasteiger charge is -2.10. The molecule has 1 N–H and O–H groups in total. The van der Waals surface area contributed by atoms with E-state index in [1.165, 1.54) is 6.07 Å². The Morgan fingerprint density at radius 3 is 2.76 bits per heavy atom. The average Bonchev–Trinajstić information content (AvgIpc) is 2.98. The second-order valence-corrected chi connectivity index (χ2v) is 5.62. The van der Waals surface area contributed by atoms with Gasteiger partial charge in [-0.25, -0.2) is 4.98 Å². The molecule has 4 rings (SSSR count). The highest BCUT2D eigenvalue weighted by Gasteiger charge is 2.16. The van der Waals surface area contributed by atoms with Gasteiger partial charge in [0.1, 0.15) is 11.4 Å². The number of halogens is 1. The van der Waals surface area contributed by atoms with Gasteiger partial charge >= 0.3 is 0 Å². The molecule has 0 saturated heterocycles. The summed E-state index contributed by atoms with van der Waals surface area (Å²) in [6.07, 6.45) is 2.88. The maximum absolute atomic E-state index is 11.7. The molecule has 0 fully saturated rings. The molecule has 0 atom stereocenters. The van der Waals surface area contributed by atoms with Crippen molar-refractivity contribution in [1.29, 1.82) is 0 Å². The van der Waals surface area contributed by atoms with Gasteiger partial charge in [0.2, 0.25) is 5.56 Å². The van der Waals surface area contributed by atoms with Gasteiger partial charge in [0, 0.05) is 23.2 Å². The minimum absolute atomic E-state index is 0. The number of aromatic nitrogens is 3. The summed E-state index contributed by atoms with van der Waals surface area (Å²) in [4.78, 5) is 19.4. The number of aromatic amines is 1. The predicted molar refractivity (Wildman–Crippen MR) is 105 cm³/mol. The fraction of sp³-hybridized carbons (Fsp3) is 0.158. The number of hydrogen-bond acceptors (Lipinski definition) is 3. The third-order valence-corrected chi connectivity index (χ3v) is 4.30. The largest absolute Gasteiger partial charge is 0.495 e. The number of imidazole rings is 1. The van der Waals surface area contributed by atoms with Crippen molar-refractivity contribution in [2.45, 2.75) is 13.3 Å². The van der Waals surface area contributed by atoms with Crippen LogP contribution in [0.3, 0.4) is 0 Å². The van der Waals surface area contributed by atoms with E-state index >= 15 is 0 Å². The van der Waals surface area contributed by atoms with Gasteiger partial charge in [-0.2, -0.15) is 0 Å². The monoisotopic (exact) mass is 399 g/mol. The second-order valence-electron chi connectivity index (χ2n) is 5.62. The van der Waals surface area contributed by atoms with Crippen LogP contribution in [0.25, 0.3) is 27.8 Å². The van der Waals surface area contributed by atoms with Crippen LogP contribution in [0.15, 0.2) is 53.5 Å². The van der Waals surface area contributed by atoms with Crippen LogP contribution in [0.4, 0.5) is 0 Å². The maximum atomic E-state index is 11.7. The molecule has 0 amide bonds. The lowest BCUT2D eigenvalue weighted by molar-refractivity contribution is 0.419. The number of methoxy groups -OCH3 is 1. The highest BCUT2D eigenvalue weighted by molar-refractivity contribution is 8.93. The normalized spacial score (nSPS) is 10.8. The van der Waals surface area contributed by atoms with Crippen LogP contribution >= 0.6 is 17.0 Å². The summed E-state index contributed by atoms with van der Waals surface area (Å²) in [6.45, 7) is 2.12. The molecule has 0 radical (unpaired) electrons. The Morgan fingerprint density at radius 1 is 1.16 bits per heavy atom. The first kappa shape index (κ1) is 17.2. The lowest BCUT2D eigenvalue weighted by Crippen LogP contribution is -2.04. The summed E-state index contributed by atoms with van der Waals surface area (Å²) in [5.74, 6) is 0.647. The number of hydrogen-bond donors (Lipinski definition) is 1. The van der Waals surface area contributed by atoms with Gasteiger partial charge in [0.15, 0.2) is 0 Å². The summed E-state index contributed by atoms with van der Waals surface area (Å²) < 4.78 is 7.50. The zero-order valence-corrected chi connectivity index (χ0v) is 15.7. The molecule has 25 heavy (non-hydrogen) atoms. The minimum atomic E-state index is -0.149. The molecule has 0 saturated carbocycles. The number of aryl methyl sites for hydroxylation is 1. The molecule has 0 aliphatic carbocycles. The standard InChI is InChI=1S/C19H17N3O2.BrH/c1-3-14-18(20-16-6-4-5-11-22(14)16)12-7-9-15(24-2)19-13(12)8-10-17(23)21-19;/h4-11H,3H2,1-2H3,(H,21,23);1H. The third kappa shape index (κ3) is 2.72. The molecule has 0 unspecified atom stereocenters. The molecule has 5 nitrogen and oxygen atoms in total. The quantitative estimate of drug-likeness (QED) is 0.566. The van der Waals surface area contributed by atoms with Gasteiger partial charge in [-0.3, -0.25) is 4.79 Å². The predicted octanol–water partition coefficient (Wildman–Crippen LogP) is 3.99. The Balaban J connectivity index is 0.00000182. The Bertz CT molecular complexity index is 1110. The highest BCUT2D eigenvalue weighted by Crippen LogP contribution is 2.34. The number of nitrogens with one attached hydrogen (secondary N) is 1. The van der Waals surface area contributed by atoms with E-state index in [0.29, 0.717) is 11.3 Å². The molecular weight excluding hydrogens is 382 g/mol. The van der Waals surface area contributed by atoms with Gasteiger partial charge < -0.3 is 14.1 Å². The zero-order chi connectivity index (χ0) is 16.7. The smallest absolute Gasteiger partial charge is 0.248 e. The van der Waals surface area contributed by atoms with Crippen LogP contribution in [-0.2, 0) is 6.42 Å². The molecule has 0 aliphatic heterocycles. The molecule has 128 valence electrons. The Kier molecular flexibility index (Phi) is 4.63. The van der Waals surface area contributed by atoms with Gasteiger partial charge in [0.05, 0.1) is 24.0 Å².